The largest absolute Gasteiger partial charge is 0.345 e. The van der Waals surface area contributed by atoms with Crippen LogP contribution in [0.4, 0.5) is 5.82 Å². The monoisotopic (exact) mass is 261 g/mol. The minimum Gasteiger partial charge on any atom is -0.310 e. The van der Waals surface area contributed by atoms with Gasteiger partial charge in [0.15, 0.2) is 5.82 Å². The number of aryl methyl sites for hydroxylation is 3. The van der Waals surface area contributed by atoms with Crippen molar-refractivity contribution >= 4 is 11.7 Å². The Morgan fingerprint density at radius 3 is 2.68 bits per heavy atom. The molecule has 0 spiro atoms. The van der Waals surface area contributed by atoms with Crippen LogP contribution in [0.1, 0.15) is 22.6 Å². The zero-order chi connectivity index (χ0) is 14.0. The molecule has 0 unspecified atom stereocenters. The van der Waals surface area contributed by atoms with Gasteiger partial charge in [-0.25, -0.2) is 4.79 Å². The van der Waals surface area contributed by atoms with E-state index in [4.69, 9.17) is 0 Å². The highest BCUT2D eigenvalue weighted by Crippen LogP contribution is 2.10. The van der Waals surface area contributed by atoms with Gasteiger partial charge in [0.25, 0.3) is 0 Å². The van der Waals surface area contributed by atoms with Crippen molar-refractivity contribution in [3.05, 3.63) is 39.2 Å². The molecular weight excluding hydrogens is 246 g/mol. The van der Waals surface area contributed by atoms with E-state index in [0.717, 1.165) is 11.3 Å². The van der Waals surface area contributed by atoms with E-state index in [1.165, 1.54) is 0 Å². The van der Waals surface area contributed by atoms with Crippen molar-refractivity contribution in [1.82, 2.24) is 20.2 Å². The first-order chi connectivity index (χ1) is 8.95. The van der Waals surface area contributed by atoms with Gasteiger partial charge in [-0.05, 0) is 20.8 Å². The standard InChI is InChI=1S/C12H15N5O2/c1-6-4-10(17-16-6)15-11(18)5-9-7(2)13-12(19)14-8(9)3/h4H,5H2,1-3H3,(H,13,14,19)(H2,15,16,17,18). The second kappa shape index (κ2) is 5.05. The van der Waals surface area contributed by atoms with Gasteiger partial charge in [0.2, 0.25) is 5.91 Å². The number of carbonyl (C=O) groups excluding carboxylic acids is 1. The van der Waals surface area contributed by atoms with Gasteiger partial charge in [0, 0.05) is 28.7 Å². The Kier molecular flexibility index (Phi) is 3.46. The van der Waals surface area contributed by atoms with E-state index >= 15 is 0 Å². The molecule has 7 heteroatoms. The summed E-state index contributed by atoms with van der Waals surface area (Å²) in [6.07, 6.45) is 0.146. The minimum atomic E-state index is -0.401. The molecule has 0 fully saturated rings. The molecule has 100 valence electrons. The summed E-state index contributed by atoms with van der Waals surface area (Å²) >= 11 is 0. The fourth-order valence-corrected chi connectivity index (χ4v) is 1.85. The Labute approximate surface area is 109 Å². The maximum absolute atomic E-state index is 11.9. The third-order valence-corrected chi connectivity index (χ3v) is 2.76. The number of aromatic nitrogens is 4. The summed E-state index contributed by atoms with van der Waals surface area (Å²) in [5, 5.41) is 9.35. The average Bonchev–Trinajstić information content (AvgIpc) is 2.69. The molecule has 3 N–H and O–H groups in total. The van der Waals surface area contributed by atoms with Crippen molar-refractivity contribution in [3.63, 3.8) is 0 Å². The van der Waals surface area contributed by atoms with Gasteiger partial charge in [-0.2, -0.15) is 10.1 Å². The van der Waals surface area contributed by atoms with E-state index in [1.807, 2.05) is 6.92 Å². The predicted octanol–water partition coefficient (Wildman–Crippen LogP) is 0.599. The molecule has 0 aromatic carbocycles. The van der Waals surface area contributed by atoms with E-state index in [9.17, 15) is 9.59 Å². The maximum Gasteiger partial charge on any atom is 0.345 e. The number of anilines is 1. The van der Waals surface area contributed by atoms with Crippen molar-refractivity contribution in [2.75, 3.05) is 5.32 Å². The lowest BCUT2D eigenvalue weighted by atomic mass is 10.1. The summed E-state index contributed by atoms with van der Waals surface area (Å²) in [7, 11) is 0. The highest BCUT2D eigenvalue weighted by Gasteiger charge is 2.12. The summed E-state index contributed by atoms with van der Waals surface area (Å²) in [6.45, 7) is 5.31. The van der Waals surface area contributed by atoms with Crippen LogP contribution in [0.2, 0.25) is 0 Å². The summed E-state index contributed by atoms with van der Waals surface area (Å²) in [5.74, 6) is 0.279. The molecule has 2 aromatic rings. The van der Waals surface area contributed by atoms with E-state index in [2.05, 4.69) is 25.5 Å². The first kappa shape index (κ1) is 13.0. The second-order valence-corrected chi connectivity index (χ2v) is 4.39. The van der Waals surface area contributed by atoms with Crippen molar-refractivity contribution in [2.45, 2.75) is 27.2 Å². The van der Waals surface area contributed by atoms with Gasteiger partial charge in [0.1, 0.15) is 0 Å². The summed E-state index contributed by atoms with van der Waals surface area (Å²) in [4.78, 5) is 29.4. The molecule has 19 heavy (non-hydrogen) atoms. The van der Waals surface area contributed by atoms with Crippen molar-refractivity contribution in [3.8, 4) is 0 Å². The van der Waals surface area contributed by atoms with Gasteiger partial charge < -0.3 is 10.3 Å². The number of aromatic amines is 2. The van der Waals surface area contributed by atoms with Crippen LogP contribution in [0.5, 0.6) is 0 Å². The fraction of sp³-hybridized carbons (Fsp3) is 0.333. The molecule has 0 saturated heterocycles. The maximum atomic E-state index is 11.9. The van der Waals surface area contributed by atoms with Crippen LogP contribution >= 0.6 is 0 Å². The number of H-pyrrole nitrogens is 2. The van der Waals surface area contributed by atoms with Crippen LogP contribution in [-0.2, 0) is 11.2 Å². The highest BCUT2D eigenvalue weighted by molar-refractivity contribution is 5.91. The number of hydrogen-bond acceptors (Lipinski definition) is 4. The summed E-state index contributed by atoms with van der Waals surface area (Å²) in [6, 6.07) is 1.74. The topological polar surface area (TPSA) is 104 Å². The van der Waals surface area contributed by atoms with Crippen LogP contribution in [0.25, 0.3) is 0 Å². The van der Waals surface area contributed by atoms with E-state index < -0.39 is 5.69 Å². The second-order valence-electron chi connectivity index (χ2n) is 4.39. The number of rotatable bonds is 3. The lowest BCUT2D eigenvalue weighted by molar-refractivity contribution is -0.115. The molecule has 0 saturated carbocycles. The fourth-order valence-electron chi connectivity index (χ4n) is 1.85. The van der Waals surface area contributed by atoms with Gasteiger partial charge in [-0.1, -0.05) is 0 Å². The SMILES string of the molecule is Cc1cc(NC(=O)Cc2c(C)nc(=O)[nH]c2C)n[nH]1. The molecule has 0 atom stereocenters. The first-order valence-corrected chi connectivity index (χ1v) is 5.84. The van der Waals surface area contributed by atoms with Crippen molar-refractivity contribution < 1.29 is 4.79 Å². The zero-order valence-corrected chi connectivity index (χ0v) is 11.0. The Hall–Kier alpha value is -2.44. The Morgan fingerprint density at radius 1 is 1.37 bits per heavy atom. The van der Waals surface area contributed by atoms with E-state index in [-0.39, 0.29) is 12.3 Å². The molecule has 2 aromatic heterocycles. The predicted molar refractivity (Wildman–Crippen MR) is 70.0 cm³/mol. The Balaban J connectivity index is 2.13. The quantitative estimate of drug-likeness (QED) is 0.752. The Morgan fingerprint density at radius 2 is 2.11 bits per heavy atom. The molecule has 0 radical (unpaired) electrons. The van der Waals surface area contributed by atoms with E-state index in [1.54, 1.807) is 19.9 Å². The molecule has 0 bridgehead atoms. The van der Waals surface area contributed by atoms with Gasteiger partial charge in [-0.15, -0.1) is 0 Å². The number of amides is 1. The molecule has 1 amide bonds. The van der Waals surface area contributed by atoms with Crippen LogP contribution in [0, 0.1) is 20.8 Å². The van der Waals surface area contributed by atoms with Crippen LogP contribution in [-0.4, -0.2) is 26.1 Å². The smallest absolute Gasteiger partial charge is 0.310 e. The van der Waals surface area contributed by atoms with Gasteiger partial charge >= 0.3 is 5.69 Å². The van der Waals surface area contributed by atoms with Gasteiger partial charge in [-0.3, -0.25) is 9.89 Å². The third kappa shape index (κ3) is 3.06. The third-order valence-electron chi connectivity index (χ3n) is 2.76. The molecule has 2 rings (SSSR count). The zero-order valence-electron chi connectivity index (χ0n) is 11.0. The van der Waals surface area contributed by atoms with Crippen molar-refractivity contribution in [1.29, 1.82) is 0 Å². The summed E-state index contributed by atoms with van der Waals surface area (Å²) < 4.78 is 0. The van der Waals surface area contributed by atoms with Crippen LogP contribution in [0.3, 0.4) is 0 Å². The molecular formula is C12H15N5O2. The minimum absolute atomic E-state index is 0.146. The Bertz CT molecular complexity index is 645. The first-order valence-electron chi connectivity index (χ1n) is 5.84. The van der Waals surface area contributed by atoms with Crippen LogP contribution < -0.4 is 11.0 Å². The normalized spacial score (nSPS) is 10.5. The highest BCUT2D eigenvalue weighted by atomic mass is 16.2. The molecule has 0 aliphatic heterocycles. The number of nitrogens with zero attached hydrogens (tertiary/aromatic N) is 2. The number of carbonyl (C=O) groups is 1. The molecule has 7 nitrogen and oxygen atoms in total. The molecule has 0 aliphatic carbocycles. The van der Waals surface area contributed by atoms with Crippen LogP contribution in [0.15, 0.2) is 10.9 Å². The average molecular weight is 261 g/mol. The number of nitrogens with one attached hydrogen (secondary N) is 3. The molecule has 0 aliphatic rings. The van der Waals surface area contributed by atoms with Crippen molar-refractivity contribution in [2.24, 2.45) is 0 Å². The van der Waals surface area contributed by atoms with E-state index in [0.29, 0.717) is 17.2 Å². The summed E-state index contributed by atoms with van der Waals surface area (Å²) in [5.41, 5.74) is 2.42. The lowest BCUT2D eigenvalue weighted by Gasteiger charge is -2.07. The lowest BCUT2D eigenvalue weighted by Crippen LogP contribution is -2.21. The number of hydrogen-bond donors (Lipinski definition) is 3. The molecule has 2 heterocycles. The van der Waals surface area contributed by atoms with Gasteiger partial charge in [0.05, 0.1) is 6.42 Å².